The Balaban J connectivity index is 0.000000561. The molecule has 0 unspecified atom stereocenters. The van der Waals surface area contributed by atoms with Gasteiger partial charge in [0.2, 0.25) is 0 Å². The van der Waals surface area contributed by atoms with Crippen LogP contribution in [-0.2, 0) is 4.79 Å². The van der Waals surface area contributed by atoms with E-state index < -0.39 is 0 Å². The van der Waals surface area contributed by atoms with E-state index in [-0.39, 0.29) is 5.78 Å². The Kier molecular flexibility index (Phi) is 4.38. The van der Waals surface area contributed by atoms with Crippen LogP contribution in [0.5, 0.6) is 0 Å². The third-order valence-electron chi connectivity index (χ3n) is 1.34. The molecule has 0 bridgehead atoms. The van der Waals surface area contributed by atoms with Crippen molar-refractivity contribution in [1.82, 2.24) is 0 Å². The Morgan fingerprint density at radius 3 is 2.17 bits per heavy atom. The number of rotatable bonds is 1. The van der Waals surface area contributed by atoms with E-state index in [2.05, 4.69) is 0 Å². The highest BCUT2D eigenvalue weighted by Gasteiger charge is 2.00. The fourth-order valence-electron chi connectivity index (χ4n) is 0.818. The van der Waals surface area contributed by atoms with E-state index >= 15 is 0 Å². The van der Waals surface area contributed by atoms with Crippen LogP contribution >= 0.6 is 0 Å². The second kappa shape index (κ2) is 5.07. The maximum atomic E-state index is 10.8. The number of benzene rings is 1. The SMILES string of the molecule is C=O.CC(=O)c1ccccc1N. The Morgan fingerprint density at radius 1 is 1.33 bits per heavy atom. The van der Waals surface area contributed by atoms with E-state index in [9.17, 15) is 4.79 Å². The number of hydrogen-bond acceptors (Lipinski definition) is 3. The van der Waals surface area contributed by atoms with Gasteiger partial charge in [-0.15, -0.1) is 0 Å². The number of nitrogens with two attached hydrogens (primary N) is 1. The van der Waals surface area contributed by atoms with Crippen LogP contribution in [-0.4, -0.2) is 12.6 Å². The summed E-state index contributed by atoms with van der Waals surface area (Å²) in [6.07, 6.45) is 0. The fraction of sp³-hybridized carbons (Fsp3) is 0.111. The molecule has 0 aliphatic heterocycles. The molecule has 1 aromatic carbocycles. The van der Waals surface area contributed by atoms with Gasteiger partial charge in [0.05, 0.1) is 0 Å². The number of Topliss-reactive ketones (excluding diaryl/α,β-unsaturated/α-hetero) is 1. The van der Waals surface area contributed by atoms with Gasteiger partial charge in [-0.2, -0.15) is 0 Å². The largest absolute Gasteiger partial charge is 0.398 e. The van der Waals surface area contributed by atoms with Gasteiger partial charge in [-0.3, -0.25) is 4.79 Å². The van der Waals surface area contributed by atoms with Crippen LogP contribution in [0.1, 0.15) is 17.3 Å². The number of para-hydroxylation sites is 1. The van der Waals surface area contributed by atoms with Gasteiger partial charge < -0.3 is 10.5 Å². The average Bonchev–Trinajstić information content (AvgIpc) is 2.08. The zero-order chi connectivity index (χ0) is 9.56. The van der Waals surface area contributed by atoms with E-state index in [4.69, 9.17) is 10.5 Å². The Hall–Kier alpha value is -1.64. The van der Waals surface area contributed by atoms with Crippen LogP contribution in [0.4, 0.5) is 5.69 Å². The topological polar surface area (TPSA) is 60.2 Å². The summed E-state index contributed by atoms with van der Waals surface area (Å²) < 4.78 is 0. The van der Waals surface area contributed by atoms with Gasteiger partial charge in [-0.25, -0.2) is 0 Å². The Morgan fingerprint density at radius 2 is 1.83 bits per heavy atom. The van der Waals surface area contributed by atoms with E-state index in [0.29, 0.717) is 11.3 Å². The summed E-state index contributed by atoms with van der Waals surface area (Å²) in [4.78, 5) is 18.8. The zero-order valence-electron chi connectivity index (χ0n) is 6.91. The summed E-state index contributed by atoms with van der Waals surface area (Å²) in [6, 6.07) is 7.04. The molecular weight excluding hydrogens is 154 g/mol. The lowest BCUT2D eigenvalue weighted by atomic mass is 10.1. The first-order chi connectivity index (χ1) is 5.72. The molecule has 3 heteroatoms. The molecule has 0 aromatic heterocycles. The lowest BCUT2D eigenvalue weighted by molar-refractivity contribution is -0.0979. The first kappa shape index (κ1) is 10.4. The number of carbonyl (C=O) groups is 2. The second-order valence-electron chi connectivity index (χ2n) is 2.14. The lowest BCUT2D eigenvalue weighted by Crippen LogP contribution is -1.97. The smallest absolute Gasteiger partial charge is 0.161 e. The molecule has 0 fully saturated rings. The highest BCUT2D eigenvalue weighted by atomic mass is 16.1. The van der Waals surface area contributed by atoms with Crippen LogP contribution in [0.25, 0.3) is 0 Å². The second-order valence-corrected chi connectivity index (χ2v) is 2.14. The maximum absolute atomic E-state index is 10.8. The third kappa shape index (κ3) is 2.54. The molecule has 0 aliphatic rings. The molecule has 2 N–H and O–H groups in total. The van der Waals surface area contributed by atoms with Crippen LogP contribution in [0, 0.1) is 0 Å². The maximum Gasteiger partial charge on any atom is 0.161 e. The van der Waals surface area contributed by atoms with Crippen molar-refractivity contribution < 1.29 is 9.59 Å². The molecule has 3 nitrogen and oxygen atoms in total. The molecule has 0 heterocycles. The molecule has 12 heavy (non-hydrogen) atoms. The number of ketones is 1. The summed E-state index contributed by atoms with van der Waals surface area (Å²) in [5.74, 6) is 0.0121. The molecule has 0 aliphatic carbocycles. The molecule has 1 rings (SSSR count). The third-order valence-corrected chi connectivity index (χ3v) is 1.34. The summed E-state index contributed by atoms with van der Waals surface area (Å²) in [7, 11) is 0. The van der Waals surface area contributed by atoms with Crippen molar-refractivity contribution in [2.24, 2.45) is 0 Å². The van der Waals surface area contributed by atoms with Gasteiger partial charge in [-0.1, -0.05) is 12.1 Å². The monoisotopic (exact) mass is 165 g/mol. The van der Waals surface area contributed by atoms with Crippen molar-refractivity contribution in [2.75, 3.05) is 5.73 Å². The molecule has 1 aromatic rings. The van der Waals surface area contributed by atoms with Gasteiger partial charge in [0.15, 0.2) is 5.78 Å². The molecule has 0 spiro atoms. The quantitative estimate of drug-likeness (QED) is 0.503. The minimum Gasteiger partial charge on any atom is -0.398 e. The molecule has 0 saturated heterocycles. The number of carbonyl (C=O) groups excluding carboxylic acids is 2. The molecule has 64 valence electrons. The summed E-state index contributed by atoms with van der Waals surface area (Å²) in [5, 5.41) is 0. The minimum absolute atomic E-state index is 0.0121. The van der Waals surface area contributed by atoms with Crippen molar-refractivity contribution in [3.63, 3.8) is 0 Å². The normalized spacial score (nSPS) is 8.08. The highest BCUT2D eigenvalue weighted by molar-refractivity contribution is 5.98. The van der Waals surface area contributed by atoms with Crippen LogP contribution < -0.4 is 5.73 Å². The lowest BCUT2D eigenvalue weighted by Gasteiger charge is -1.97. The first-order valence-corrected chi connectivity index (χ1v) is 3.36. The summed E-state index contributed by atoms with van der Waals surface area (Å²) in [6.45, 7) is 3.51. The van der Waals surface area contributed by atoms with Crippen molar-refractivity contribution in [2.45, 2.75) is 6.92 Å². The molecular formula is C9H11NO2. The van der Waals surface area contributed by atoms with Crippen molar-refractivity contribution in [3.05, 3.63) is 29.8 Å². The van der Waals surface area contributed by atoms with Crippen molar-refractivity contribution in [3.8, 4) is 0 Å². The van der Waals surface area contributed by atoms with Crippen LogP contribution in [0.15, 0.2) is 24.3 Å². The minimum atomic E-state index is 0.0121. The number of anilines is 1. The molecule has 0 amide bonds. The Bertz CT molecular complexity index is 271. The molecule has 0 atom stereocenters. The highest BCUT2D eigenvalue weighted by Crippen LogP contribution is 2.09. The van der Waals surface area contributed by atoms with E-state index in [0.717, 1.165) is 0 Å². The first-order valence-electron chi connectivity index (χ1n) is 3.36. The van der Waals surface area contributed by atoms with Crippen LogP contribution in [0.2, 0.25) is 0 Å². The predicted octanol–water partition coefficient (Wildman–Crippen LogP) is 1.29. The van der Waals surface area contributed by atoms with Gasteiger partial charge in [0, 0.05) is 11.3 Å². The standard InChI is InChI=1S/C8H9NO.CH2O/c1-6(10)7-4-2-3-5-8(7)9;1-2/h2-5H,9H2,1H3;1H2. The zero-order valence-corrected chi connectivity index (χ0v) is 6.91. The predicted molar refractivity (Wildman–Crippen MR) is 48.0 cm³/mol. The van der Waals surface area contributed by atoms with Crippen LogP contribution in [0.3, 0.4) is 0 Å². The van der Waals surface area contributed by atoms with Crippen molar-refractivity contribution in [1.29, 1.82) is 0 Å². The summed E-state index contributed by atoms with van der Waals surface area (Å²) in [5.41, 5.74) is 6.65. The fourth-order valence-corrected chi connectivity index (χ4v) is 0.818. The van der Waals surface area contributed by atoms with E-state index in [1.807, 2.05) is 12.9 Å². The molecule has 0 saturated carbocycles. The van der Waals surface area contributed by atoms with Gasteiger partial charge in [0.25, 0.3) is 0 Å². The average molecular weight is 165 g/mol. The molecule has 0 radical (unpaired) electrons. The van der Waals surface area contributed by atoms with E-state index in [1.54, 1.807) is 18.2 Å². The van der Waals surface area contributed by atoms with Gasteiger partial charge >= 0.3 is 0 Å². The van der Waals surface area contributed by atoms with Gasteiger partial charge in [0.1, 0.15) is 6.79 Å². The van der Waals surface area contributed by atoms with E-state index in [1.165, 1.54) is 6.92 Å². The summed E-state index contributed by atoms with van der Waals surface area (Å²) >= 11 is 0. The van der Waals surface area contributed by atoms with Gasteiger partial charge in [-0.05, 0) is 19.1 Å². The Labute approximate surface area is 71.2 Å². The number of nitrogen functional groups attached to an aromatic ring is 1. The number of hydrogen-bond donors (Lipinski definition) is 1. The van der Waals surface area contributed by atoms with Crippen molar-refractivity contribution >= 4 is 18.3 Å².